The molecule has 2 aromatic rings. The maximum Gasteiger partial charge on any atom is 0.321 e. The smallest absolute Gasteiger partial charge is 0.321 e. The molecular weight excluding hydrogens is 341 g/mol. The Morgan fingerprint density at radius 2 is 1.96 bits per heavy atom. The summed E-state index contributed by atoms with van der Waals surface area (Å²) in [6.45, 7) is 1.47. The van der Waals surface area contributed by atoms with E-state index in [0.717, 1.165) is 21.3 Å². The van der Waals surface area contributed by atoms with Crippen molar-refractivity contribution in [2.75, 3.05) is 13.2 Å². The zero-order valence-corrected chi connectivity index (χ0v) is 14.1. The zero-order chi connectivity index (χ0) is 16.9. The number of benzene rings is 1. The highest BCUT2D eigenvalue weighted by atomic mass is 32.2. The highest BCUT2D eigenvalue weighted by molar-refractivity contribution is 7.89. The number of carbonyl (C=O) groups excluding carboxylic acids is 1. The molecule has 0 aliphatic rings. The van der Waals surface area contributed by atoms with Crippen LogP contribution in [0.15, 0.2) is 46.7 Å². The minimum Gasteiger partial charge on any atom is -0.465 e. The summed E-state index contributed by atoms with van der Waals surface area (Å²) in [6.07, 6.45) is 0. The number of thiophene rings is 1. The van der Waals surface area contributed by atoms with E-state index in [4.69, 9.17) is 4.74 Å². The summed E-state index contributed by atoms with van der Waals surface area (Å²) in [6, 6.07) is 8.08. The molecule has 0 atom stereocenters. The van der Waals surface area contributed by atoms with Crippen molar-refractivity contribution >= 4 is 27.3 Å². The van der Waals surface area contributed by atoms with Crippen LogP contribution in [0.25, 0.3) is 0 Å². The number of halogens is 1. The van der Waals surface area contributed by atoms with Crippen molar-refractivity contribution in [3.05, 3.63) is 52.5 Å². The largest absolute Gasteiger partial charge is 0.465 e. The summed E-state index contributed by atoms with van der Waals surface area (Å²) in [5.41, 5.74) is 0. The van der Waals surface area contributed by atoms with E-state index >= 15 is 0 Å². The average molecular weight is 357 g/mol. The summed E-state index contributed by atoms with van der Waals surface area (Å²) < 4.78 is 44.3. The molecule has 1 heterocycles. The number of ether oxygens (including phenoxy) is 1. The first-order valence-corrected chi connectivity index (χ1v) is 9.19. The number of sulfonamides is 1. The molecule has 23 heavy (non-hydrogen) atoms. The van der Waals surface area contributed by atoms with Gasteiger partial charge in [-0.15, -0.1) is 11.3 Å². The molecule has 0 aliphatic heterocycles. The molecule has 0 bridgehead atoms. The van der Waals surface area contributed by atoms with Crippen LogP contribution in [0.3, 0.4) is 0 Å². The third-order valence-electron chi connectivity index (χ3n) is 2.97. The maximum atomic E-state index is 13.0. The lowest BCUT2D eigenvalue weighted by molar-refractivity contribution is -0.143. The van der Waals surface area contributed by atoms with Crippen LogP contribution in [0.4, 0.5) is 4.39 Å². The molecule has 0 saturated heterocycles. The second-order valence-corrected chi connectivity index (χ2v) is 7.58. The van der Waals surface area contributed by atoms with Gasteiger partial charge in [-0.1, -0.05) is 6.07 Å². The molecule has 8 heteroatoms. The number of esters is 1. The van der Waals surface area contributed by atoms with E-state index in [1.165, 1.54) is 23.5 Å². The standard InChI is InChI=1S/C15H16FNO4S2/c1-2-21-15(18)11-17(10-13-4-3-9-22-13)23(19,20)14-7-5-12(16)6-8-14/h3-9H,2,10-11H2,1H3. The van der Waals surface area contributed by atoms with Gasteiger partial charge in [0.2, 0.25) is 10.0 Å². The van der Waals surface area contributed by atoms with Crippen LogP contribution in [0.2, 0.25) is 0 Å². The van der Waals surface area contributed by atoms with Gasteiger partial charge in [0.15, 0.2) is 0 Å². The molecule has 0 unspecified atom stereocenters. The molecule has 0 aliphatic carbocycles. The molecular formula is C15H16FNO4S2. The summed E-state index contributed by atoms with van der Waals surface area (Å²) in [5.74, 6) is -1.16. The van der Waals surface area contributed by atoms with E-state index in [-0.39, 0.29) is 18.0 Å². The SMILES string of the molecule is CCOC(=O)CN(Cc1cccs1)S(=O)(=O)c1ccc(F)cc1. The van der Waals surface area contributed by atoms with Gasteiger partial charge in [0.25, 0.3) is 0 Å². The molecule has 124 valence electrons. The second kappa shape index (κ2) is 7.67. The molecule has 0 saturated carbocycles. The van der Waals surface area contributed by atoms with Gasteiger partial charge in [-0.3, -0.25) is 4.79 Å². The number of rotatable bonds is 7. The minimum absolute atomic E-state index is 0.0518. The summed E-state index contributed by atoms with van der Waals surface area (Å²) in [7, 11) is -3.93. The molecule has 1 aromatic carbocycles. The fourth-order valence-corrected chi connectivity index (χ4v) is 4.07. The van der Waals surface area contributed by atoms with Crippen LogP contribution >= 0.6 is 11.3 Å². The van der Waals surface area contributed by atoms with Crippen LogP contribution in [0.5, 0.6) is 0 Å². The third-order valence-corrected chi connectivity index (χ3v) is 5.64. The fourth-order valence-electron chi connectivity index (χ4n) is 1.91. The van der Waals surface area contributed by atoms with E-state index in [2.05, 4.69) is 0 Å². The van der Waals surface area contributed by atoms with Gasteiger partial charge in [0, 0.05) is 11.4 Å². The van der Waals surface area contributed by atoms with Gasteiger partial charge in [-0.25, -0.2) is 12.8 Å². The Kier molecular flexibility index (Phi) is 5.86. The van der Waals surface area contributed by atoms with Gasteiger partial charge in [0.1, 0.15) is 12.4 Å². The Balaban J connectivity index is 2.30. The van der Waals surface area contributed by atoms with Crippen molar-refractivity contribution in [1.29, 1.82) is 0 Å². The Labute approximate surface area is 138 Å². The fraction of sp³-hybridized carbons (Fsp3) is 0.267. The third kappa shape index (κ3) is 4.60. The summed E-state index contributed by atoms with van der Waals surface area (Å²) in [4.78, 5) is 12.5. The van der Waals surface area contributed by atoms with Gasteiger partial charge in [0.05, 0.1) is 11.5 Å². The van der Waals surface area contributed by atoms with Gasteiger partial charge in [-0.05, 0) is 42.6 Å². The number of nitrogens with zero attached hydrogens (tertiary/aromatic N) is 1. The lowest BCUT2D eigenvalue weighted by atomic mass is 10.4. The lowest BCUT2D eigenvalue weighted by Gasteiger charge is -2.20. The van der Waals surface area contributed by atoms with E-state index in [1.807, 2.05) is 5.38 Å². The highest BCUT2D eigenvalue weighted by Crippen LogP contribution is 2.20. The topological polar surface area (TPSA) is 63.7 Å². The molecule has 0 fully saturated rings. The van der Waals surface area contributed by atoms with Gasteiger partial charge in [-0.2, -0.15) is 4.31 Å². The molecule has 0 spiro atoms. The first kappa shape index (κ1) is 17.6. The molecule has 1 aromatic heterocycles. The van der Waals surface area contributed by atoms with Crippen molar-refractivity contribution < 1.29 is 22.3 Å². The molecule has 5 nitrogen and oxygen atoms in total. The Bertz CT molecular complexity index is 742. The van der Waals surface area contributed by atoms with Crippen LogP contribution in [0.1, 0.15) is 11.8 Å². The molecule has 0 radical (unpaired) electrons. The van der Waals surface area contributed by atoms with Crippen molar-refractivity contribution in [2.24, 2.45) is 0 Å². The van der Waals surface area contributed by atoms with Crippen molar-refractivity contribution in [2.45, 2.75) is 18.4 Å². The normalized spacial score (nSPS) is 11.6. The van der Waals surface area contributed by atoms with Crippen LogP contribution in [-0.2, 0) is 26.1 Å². The molecule has 0 N–H and O–H groups in total. The monoisotopic (exact) mass is 357 g/mol. The number of carbonyl (C=O) groups is 1. The lowest BCUT2D eigenvalue weighted by Crippen LogP contribution is -2.35. The number of hydrogen-bond acceptors (Lipinski definition) is 5. The predicted molar refractivity (Wildman–Crippen MR) is 84.9 cm³/mol. The Morgan fingerprint density at radius 3 is 2.52 bits per heavy atom. The zero-order valence-electron chi connectivity index (χ0n) is 12.4. The summed E-state index contributed by atoms with van der Waals surface area (Å²) >= 11 is 1.39. The van der Waals surface area contributed by atoms with Gasteiger partial charge >= 0.3 is 5.97 Å². The summed E-state index contributed by atoms with van der Waals surface area (Å²) in [5, 5.41) is 1.82. The van der Waals surface area contributed by atoms with Crippen LogP contribution in [-0.4, -0.2) is 31.8 Å². The Morgan fingerprint density at radius 1 is 1.26 bits per heavy atom. The maximum absolute atomic E-state index is 13.0. The van der Waals surface area contributed by atoms with Crippen molar-refractivity contribution in [3.8, 4) is 0 Å². The Hall–Kier alpha value is -1.77. The molecule has 2 rings (SSSR count). The van der Waals surface area contributed by atoms with Gasteiger partial charge < -0.3 is 4.74 Å². The van der Waals surface area contributed by atoms with Crippen molar-refractivity contribution in [1.82, 2.24) is 4.31 Å². The highest BCUT2D eigenvalue weighted by Gasteiger charge is 2.27. The average Bonchev–Trinajstić information content (AvgIpc) is 3.00. The van der Waals surface area contributed by atoms with E-state index < -0.39 is 28.4 Å². The first-order chi connectivity index (χ1) is 10.9. The molecule has 0 amide bonds. The first-order valence-electron chi connectivity index (χ1n) is 6.87. The van der Waals surface area contributed by atoms with Crippen molar-refractivity contribution in [3.63, 3.8) is 0 Å². The van der Waals surface area contributed by atoms with E-state index in [0.29, 0.717) is 0 Å². The van der Waals surface area contributed by atoms with E-state index in [1.54, 1.807) is 19.1 Å². The quantitative estimate of drug-likeness (QED) is 0.715. The number of hydrogen-bond donors (Lipinski definition) is 0. The predicted octanol–water partition coefficient (Wildman–Crippen LogP) is 2.64. The second-order valence-electron chi connectivity index (χ2n) is 4.61. The minimum atomic E-state index is -3.93. The van der Waals surface area contributed by atoms with E-state index in [9.17, 15) is 17.6 Å². The van der Waals surface area contributed by atoms with Crippen LogP contribution < -0.4 is 0 Å². The van der Waals surface area contributed by atoms with Crippen LogP contribution in [0, 0.1) is 5.82 Å².